The molecule has 4 rings (SSSR count). The van der Waals surface area contributed by atoms with E-state index < -0.39 is 0 Å². The van der Waals surface area contributed by atoms with E-state index in [-0.39, 0.29) is 6.04 Å². The summed E-state index contributed by atoms with van der Waals surface area (Å²) in [6.07, 6.45) is 2.50. The van der Waals surface area contributed by atoms with Crippen molar-refractivity contribution < 1.29 is 9.47 Å². The van der Waals surface area contributed by atoms with Crippen LogP contribution in [0.2, 0.25) is 0 Å². The Bertz CT molecular complexity index is 877. The number of hydrogen-bond donors (Lipinski definition) is 1. The standard InChI is InChI=1S/C17H19N5O2/c1-11-8-14(17-20-18-10-22(17)21-11)19-12(2)13-4-5-15-16(9-13)24-7-3-6-23-15/h4-5,8-10,12,19H,3,6-7H2,1-2H3. The van der Waals surface area contributed by atoms with Gasteiger partial charge in [0.2, 0.25) is 5.65 Å². The molecule has 1 atom stereocenters. The van der Waals surface area contributed by atoms with Crippen molar-refractivity contribution in [1.82, 2.24) is 19.8 Å². The van der Waals surface area contributed by atoms with Crippen molar-refractivity contribution in [2.45, 2.75) is 26.3 Å². The second kappa shape index (κ2) is 5.99. The van der Waals surface area contributed by atoms with Crippen molar-refractivity contribution in [2.24, 2.45) is 0 Å². The first-order chi connectivity index (χ1) is 11.7. The van der Waals surface area contributed by atoms with E-state index in [1.807, 2.05) is 25.1 Å². The number of fused-ring (bicyclic) bond motifs is 2. The SMILES string of the molecule is Cc1cc(NC(C)c2ccc3c(c2)OCCCO3)c2nncn2n1. The molecule has 1 N–H and O–H groups in total. The van der Waals surface area contributed by atoms with Gasteiger partial charge in [0.25, 0.3) is 0 Å². The van der Waals surface area contributed by atoms with Gasteiger partial charge in [-0.25, -0.2) is 0 Å². The first kappa shape index (κ1) is 14.7. The molecule has 7 heteroatoms. The summed E-state index contributed by atoms with van der Waals surface area (Å²) in [4.78, 5) is 0. The largest absolute Gasteiger partial charge is 0.490 e. The molecule has 1 aliphatic rings. The van der Waals surface area contributed by atoms with E-state index in [2.05, 4.69) is 33.6 Å². The van der Waals surface area contributed by atoms with Crippen molar-refractivity contribution in [3.63, 3.8) is 0 Å². The van der Waals surface area contributed by atoms with Gasteiger partial charge in [-0.05, 0) is 37.6 Å². The van der Waals surface area contributed by atoms with Crippen molar-refractivity contribution >= 4 is 11.3 Å². The summed E-state index contributed by atoms with van der Waals surface area (Å²) in [6.45, 7) is 5.42. The minimum Gasteiger partial charge on any atom is -0.490 e. The third-order valence-corrected chi connectivity index (χ3v) is 4.03. The van der Waals surface area contributed by atoms with Crippen LogP contribution in [0.5, 0.6) is 11.5 Å². The molecular formula is C17H19N5O2. The van der Waals surface area contributed by atoms with E-state index in [0.29, 0.717) is 18.9 Å². The fraction of sp³-hybridized carbons (Fsp3) is 0.353. The molecule has 0 radical (unpaired) electrons. The van der Waals surface area contributed by atoms with Crippen LogP contribution in [-0.4, -0.2) is 33.0 Å². The number of benzene rings is 1. The molecule has 0 fully saturated rings. The Labute approximate surface area is 139 Å². The number of aromatic nitrogens is 4. The highest BCUT2D eigenvalue weighted by Crippen LogP contribution is 2.33. The molecule has 0 amide bonds. The topological polar surface area (TPSA) is 73.6 Å². The predicted octanol–water partition coefficient (Wildman–Crippen LogP) is 2.77. The summed E-state index contributed by atoms with van der Waals surface area (Å²) in [5.74, 6) is 1.61. The third kappa shape index (κ3) is 2.73. The Balaban J connectivity index is 1.63. The van der Waals surface area contributed by atoms with Gasteiger partial charge in [-0.15, -0.1) is 10.2 Å². The average Bonchev–Trinajstić information content (AvgIpc) is 2.91. The lowest BCUT2D eigenvalue weighted by atomic mass is 10.1. The van der Waals surface area contributed by atoms with Gasteiger partial charge in [0.15, 0.2) is 11.5 Å². The maximum atomic E-state index is 5.78. The molecule has 0 aliphatic carbocycles. The Kier molecular flexibility index (Phi) is 3.68. The van der Waals surface area contributed by atoms with Crippen LogP contribution in [0.4, 0.5) is 5.69 Å². The number of rotatable bonds is 3. The molecule has 1 aromatic carbocycles. The summed E-state index contributed by atoms with van der Waals surface area (Å²) >= 11 is 0. The molecule has 24 heavy (non-hydrogen) atoms. The lowest BCUT2D eigenvalue weighted by Gasteiger charge is -2.18. The number of hydrogen-bond acceptors (Lipinski definition) is 6. The zero-order valence-electron chi connectivity index (χ0n) is 13.7. The normalized spacial score (nSPS) is 15.1. The lowest BCUT2D eigenvalue weighted by Crippen LogP contribution is -2.09. The molecule has 0 bridgehead atoms. The number of anilines is 1. The van der Waals surface area contributed by atoms with Crippen LogP contribution < -0.4 is 14.8 Å². The molecule has 124 valence electrons. The fourth-order valence-electron chi connectivity index (χ4n) is 2.82. The van der Waals surface area contributed by atoms with Crippen LogP contribution in [0.3, 0.4) is 0 Å². The maximum absolute atomic E-state index is 5.78. The fourth-order valence-corrected chi connectivity index (χ4v) is 2.82. The van der Waals surface area contributed by atoms with Crippen molar-refractivity contribution in [3.05, 3.63) is 41.9 Å². The summed E-state index contributed by atoms with van der Waals surface area (Å²) < 4.78 is 13.1. The van der Waals surface area contributed by atoms with Gasteiger partial charge in [-0.3, -0.25) is 0 Å². The Morgan fingerprint density at radius 1 is 1.17 bits per heavy atom. The first-order valence-corrected chi connectivity index (χ1v) is 8.04. The molecule has 0 saturated heterocycles. The zero-order chi connectivity index (χ0) is 16.5. The number of aryl methyl sites for hydroxylation is 1. The monoisotopic (exact) mass is 325 g/mol. The first-order valence-electron chi connectivity index (χ1n) is 8.04. The second-order valence-electron chi connectivity index (χ2n) is 5.92. The van der Waals surface area contributed by atoms with Gasteiger partial charge < -0.3 is 14.8 Å². The Hall–Kier alpha value is -2.83. The minimum atomic E-state index is 0.0736. The Morgan fingerprint density at radius 3 is 2.88 bits per heavy atom. The van der Waals surface area contributed by atoms with Crippen molar-refractivity contribution in [1.29, 1.82) is 0 Å². The number of ether oxygens (including phenoxy) is 2. The average molecular weight is 325 g/mol. The van der Waals surface area contributed by atoms with Crippen LogP contribution in [0.15, 0.2) is 30.6 Å². The number of nitrogens with zero attached hydrogens (tertiary/aromatic N) is 4. The molecule has 1 unspecified atom stereocenters. The highest BCUT2D eigenvalue weighted by atomic mass is 16.5. The van der Waals surface area contributed by atoms with Crippen LogP contribution in [0.1, 0.15) is 30.6 Å². The summed E-state index contributed by atoms with van der Waals surface area (Å²) in [6, 6.07) is 8.11. The van der Waals surface area contributed by atoms with Crippen molar-refractivity contribution in [3.8, 4) is 11.5 Å². The third-order valence-electron chi connectivity index (χ3n) is 4.03. The van der Waals surface area contributed by atoms with Gasteiger partial charge in [0.05, 0.1) is 24.6 Å². The molecule has 7 nitrogen and oxygen atoms in total. The molecular weight excluding hydrogens is 306 g/mol. The van der Waals surface area contributed by atoms with Gasteiger partial charge in [-0.2, -0.15) is 9.61 Å². The molecule has 0 saturated carbocycles. The van der Waals surface area contributed by atoms with Crippen LogP contribution in [0.25, 0.3) is 5.65 Å². The number of nitrogens with one attached hydrogen (secondary N) is 1. The van der Waals surface area contributed by atoms with Crippen LogP contribution in [-0.2, 0) is 0 Å². The highest BCUT2D eigenvalue weighted by Gasteiger charge is 2.15. The quantitative estimate of drug-likeness (QED) is 0.798. The van der Waals surface area contributed by atoms with Crippen LogP contribution in [0, 0.1) is 6.92 Å². The summed E-state index contributed by atoms with van der Waals surface area (Å²) in [5.41, 5.74) is 3.63. The molecule has 1 aliphatic heterocycles. The smallest absolute Gasteiger partial charge is 0.200 e. The van der Waals surface area contributed by atoms with Gasteiger partial charge in [0.1, 0.15) is 6.33 Å². The predicted molar refractivity (Wildman–Crippen MR) is 89.6 cm³/mol. The lowest BCUT2D eigenvalue weighted by molar-refractivity contribution is 0.297. The summed E-state index contributed by atoms with van der Waals surface area (Å²) in [5, 5.41) is 15.9. The van der Waals surface area contributed by atoms with Crippen molar-refractivity contribution in [2.75, 3.05) is 18.5 Å². The molecule has 3 heterocycles. The van der Waals surface area contributed by atoms with Gasteiger partial charge in [-0.1, -0.05) is 6.07 Å². The minimum absolute atomic E-state index is 0.0736. The van der Waals surface area contributed by atoms with E-state index in [4.69, 9.17) is 9.47 Å². The van der Waals surface area contributed by atoms with E-state index >= 15 is 0 Å². The summed E-state index contributed by atoms with van der Waals surface area (Å²) in [7, 11) is 0. The van der Waals surface area contributed by atoms with Gasteiger partial charge in [0, 0.05) is 12.5 Å². The van der Waals surface area contributed by atoms with E-state index in [1.54, 1.807) is 10.8 Å². The van der Waals surface area contributed by atoms with E-state index in [1.165, 1.54) is 0 Å². The molecule has 0 spiro atoms. The Morgan fingerprint density at radius 2 is 2.00 bits per heavy atom. The maximum Gasteiger partial charge on any atom is 0.200 e. The van der Waals surface area contributed by atoms with E-state index in [9.17, 15) is 0 Å². The molecule has 2 aromatic heterocycles. The van der Waals surface area contributed by atoms with Crippen LogP contribution >= 0.6 is 0 Å². The van der Waals surface area contributed by atoms with Gasteiger partial charge >= 0.3 is 0 Å². The molecule has 3 aromatic rings. The zero-order valence-corrected chi connectivity index (χ0v) is 13.7. The second-order valence-corrected chi connectivity index (χ2v) is 5.92. The van der Waals surface area contributed by atoms with E-state index in [0.717, 1.165) is 34.9 Å². The highest BCUT2D eigenvalue weighted by molar-refractivity contribution is 5.67.